The number of nitrogens with zero attached hydrogens (tertiary/aromatic N) is 3. The minimum absolute atomic E-state index is 0.139. The highest BCUT2D eigenvalue weighted by atomic mass is 19.4. The van der Waals surface area contributed by atoms with Gasteiger partial charge in [0.05, 0.1) is 19.3 Å². The molecule has 1 aromatic heterocycles. The topological polar surface area (TPSA) is 59.4 Å². The molecule has 0 radical (unpaired) electrons. The van der Waals surface area contributed by atoms with Gasteiger partial charge in [0.25, 0.3) is 5.91 Å². The summed E-state index contributed by atoms with van der Waals surface area (Å²) >= 11 is 0. The molecule has 3 heterocycles. The van der Waals surface area contributed by atoms with Crippen molar-refractivity contribution >= 4 is 11.7 Å². The van der Waals surface area contributed by atoms with Crippen LogP contribution in [-0.2, 0) is 4.74 Å². The van der Waals surface area contributed by atoms with E-state index in [0.29, 0.717) is 24.4 Å². The number of anilines is 1. The Morgan fingerprint density at radius 3 is 2.67 bits per heavy atom. The summed E-state index contributed by atoms with van der Waals surface area (Å²) < 4.78 is 71.4. The highest BCUT2D eigenvalue weighted by Gasteiger charge is 2.64. The lowest BCUT2D eigenvalue weighted by Gasteiger charge is -2.34. The van der Waals surface area contributed by atoms with Gasteiger partial charge in [-0.2, -0.15) is 27.1 Å². The van der Waals surface area contributed by atoms with E-state index in [4.69, 9.17) is 4.74 Å². The summed E-state index contributed by atoms with van der Waals surface area (Å²) in [6, 6.07) is -1.23. The van der Waals surface area contributed by atoms with E-state index in [1.54, 1.807) is 11.8 Å². The number of hydrogen-bond acceptors (Lipinski definition) is 4. The molecule has 1 fully saturated rings. The predicted octanol–water partition coefficient (Wildman–Crippen LogP) is 1.59. The van der Waals surface area contributed by atoms with Gasteiger partial charge in [-0.3, -0.25) is 4.79 Å². The van der Waals surface area contributed by atoms with Crippen molar-refractivity contribution in [3.05, 3.63) is 11.8 Å². The van der Waals surface area contributed by atoms with Gasteiger partial charge in [0.2, 0.25) is 0 Å². The number of aromatic nitrogens is 2. The van der Waals surface area contributed by atoms with Gasteiger partial charge in [0.15, 0.2) is 5.82 Å². The van der Waals surface area contributed by atoms with Crippen molar-refractivity contribution in [1.82, 2.24) is 15.1 Å². The summed E-state index contributed by atoms with van der Waals surface area (Å²) in [7, 11) is 0. The number of hydrogen-bond donors (Lipinski definition) is 1. The molecule has 0 spiro atoms. The van der Waals surface area contributed by atoms with Crippen LogP contribution in [0.2, 0.25) is 0 Å². The summed E-state index contributed by atoms with van der Waals surface area (Å²) in [6.07, 6.45) is -5.74. The van der Waals surface area contributed by atoms with Crippen LogP contribution in [0.25, 0.3) is 0 Å². The normalized spacial score (nSPS) is 25.4. The number of ether oxygens (including phenoxy) is 1. The van der Waals surface area contributed by atoms with E-state index >= 15 is 0 Å². The van der Waals surface area contributed by atoms with Crippen molar-refractivity contribution in [2.75, 3.05) is 31.2 Å². The lowest BCUT2D eigenvalue weighted by Crippen LogP contribution is -2.53. The number of morpholine rings is 1. The maximum atomic E-state index is 13.8. The number of halogens is 5. The van der Waals surface area contributed by atoms with Crippen LogP contribution >= 0.6 is 0 Å². The van der Waals surface area contributed by atoms with Crippen LogP contribution in [0.1, 0.15) is 23.5 Å². The molecule has 1 N–H and O–H groups in total. The average Bonchev–Trinajstić information content (AvgIpc) is 2.92. The fourth-order valence-corrected chi connectivity index (χ4v) is 2.83. The summed E-state index contributed by atoms with van der Waals surface area (Å²) in [5.41, 5.74) is -0.316. The molecule has 1 aromatic rings. The minimum Gasteiger partial charge on any atom is -0.377 e. The van der Waals surface area contributed by atoms with Crippen molar-refractivity contribution in [3.8, 4) is 0 Å². The number of carbonyl (C=O) groups is 1. The summed E-state index contributed by atoms with van der Waals surface area (Å²) in [6.45, 7) is 2.11. The van der Waals surface area contributed by atoms with Crippen molar-refractivity contribution in [2.45, 2.75) is 31.1 Å². The van der Waals surface area contributed by atoms with Crippen LogP contribution in [0.4, 0.5) is 27.8 Å². The zero-order valence-electron chi connectivity index (χ0n) is 12.6. The molecule has 1 saturated heterocycles. The first-order chi connectivity index (χ1) is 11.1. The largest absolute Gasteiger partial charge is 0.455 e. The molecule has 0 aromatic carbocycles. The zero-order valence-corrected chi connectivity index (χ0v) is 12.6. The Bertz CT molecular complexity index is 645. The SMILES string of the molecule is C[C@@H]1COCCN1c1cc2n(n1)[C@@H](C(F)(F)C(F)(F)F)CNC2=O. The van der Waals surface area contributed by atoms with Crippen molar-refractivity contribution < 1.29 is 31.5 Å². The standard InChI is InChI=1S/C13H15F5N4O2/c1-7-6-24-3-2-21(7)10-4-8-11(23)19-5-9(22(8)20-10)12(14,15)13(16,17)18/h4,7,9H,2-3,5-6H2,1H3,(H,19,23)/t7-,9-/m1/s1. The van der Waals surface area contributed by atoms with E-state index < -0.39 is 30.6 Å². The molecule has 1 amide bonds. The highest BCUT2D eigenvalue weighted by molar-refractivity contribution is 5.94. The van der Waals surface area contributed by atoms with E-state index in [-0.39, 0.29) is 17.6 Å². The Kier molecular flexibility index (Phi) is 3.93. The quantitative estimate of drug-likeness (QED) is 0.820. The molecular formula is C13H15F5N4O2. The maximum Gasteiger partial charge on any atom is 0.455 e. The molecule has 0 bridgehead atoms. The van der Waals surface area contributed by atoms with Gasteiger partial charge < -0.3 is 15.0 Å². The molecular weight excluding hydrogens is 339 g/mol. The second-order valence-corrected chi connectivity index (χ2v) is 5.80. The van der Waals surface area contributed by atoms with Crippen LogP contribution in [0.15, 0.2) is 6.07 Å². The predicted molar refractivity (Wildman–Crippen MR) is 72.2 cm³/mol. The lowest BCUT2D eigenvalue weighted by atomic mass is 10.1. The molecule has 134 valence electrons. The van der Waals surface area contributed by atoms with Gasteiger partial charge >= 0.3 is 12.1 Å². The van der Waals surface area contributed by atoms with E-state index in [9.17, 15) is 26.7 Å². The molecule has 0 saturated carbocycles. The molecule has 3 rings (SSSR count). The Morgan fingerprint density at radius 1 is 1.33 bits per heavy atom. The van der Waals surface area contributed by atoms with Crippen LogP contribution in [0.5, 0.6) is 0 Å². The molecule has 6 nitrogen and oxygen atoms in total. The van der Waals surface area contributed by atoms with Gasteiger partial charge in [-0.15, -0.1) is 0 Å². The Labute approximate surface area is 133 Å². The van der Waals surface area contributed by atoms with Gasteiger partial charge in [-0.25, -0.2) is 4.68 Å². The van der Waals surface area contributed by atoms with Gasteiger partial charge in [0, 0.05) is 19.2 Å². The molecule has 2 aliphatic heterocycles. The Morgan fingerprint density at radius 2 is 2.04 bits per heavy atom. The van der Waals surface area contributed by atoms with Crippen molar-refractivity contribution in [2.24, 2.45) is 0 Å². The molecule has 24 heavy (non-hydrogen) atoms. The third kappa shape index (κ3) is 2.60. The second-order valence-electron chi connectivity index (χ2n) is 5.80. The summed E-state index contributed by atoms with van der Waals surface area (Å²) in [5, 5.41) is 5.95. The fraction of sp³-hybridized carbons (Fsp3) is 0.692. The first-order valence-corrected chi connectivity index (χ1v) is 7.29. The minimum atomic E-state index is -5.74. The fourth-order valence-electron chi connectivity index (χ4n) is 2.83. The third-order valence-electron chi connectivity index (χ3n) is 4.17. The van der Waals surface area contributed by atoms with Crippen LogP contribution in [0.3, 0.4) is 0 Å². The number of fused-ring (bicyclic) bond motifs is 1. The van der Waals surface area contributed by atoms with Crippen molar-refractivity contribution in [1.29, 1.82) is 0 Å². The average molecular weight is 354 g/mol. The van der Waals surface area contributed by atoms with Gasteiger partial charge in [-0.1, -0.05) is 0 Å². The van der Waals surface area contributed by atoms with Crippen molar-refractivity contribution in [3.63, 3.8) is 0 Å². The first kappa shape index (κ1) is 16.9. The van der Waals surface area contributed by atoms with E-state index in [1.165, 1.54) is 6.07 Å². The first-order valence-electron chi connectivity index (χ1n) is 7.29. The van der Waals surface area contributed by atoms with E-state index in [2.05, 4.69) is 10.4 Å². The smallest absolute Gasteiger partial charge is 0.377 e. The second kappa shape index (κ2) is 5.57. The molecule has 11 heteroatoms. The Balaban J connectivity index is 2.00. The number of rotatable bonds is 2. The molecule has 2 aliphatic rings. The molecule has 0 unspecified atom stereocenters. The Hall–Kier alpha value is -1.91. The third-order valence-corrected chi connectivity index (χ3v) is 4.17. The van der Waals surface area contributed by atoms with Gasteiger partial charge in [0.1, 0.15) is 11.7 Å². The molecule has 0 aliphatic carbocycles. The number of nitrogens with one attached hydrogen (secondary N) is 1. The van der Waals surface area contributed by atoms with E-state index in [0.717, 1.165) is 0 Å². The molecule has 2 atom stereocenters. The highest BCUT2D eigenvalue weighted by Crippen LogP contribution is 2.44. The monoisotopic (exact) mass is 354 g/mol. The number of amides is 1. The maximum absolute atomic E-state index is 13.8. The van der Waals surface area contributed by atoms with E-state index in [1.807, 2.05) is 0 Å². The zero-order chi connectivity index (χ0) is 17.7. The number of alkyl halides is 5. The van der Waals surface area contributed by atoms with Crippen LogP contribution in [-0.4, -0.2) is 60.1 Å². The van der Waals surface area contributed by atoms with Gasteiger partial charge in [-0.05, 0) is 6.92 Å². The summed E-state index contributed by atoms with van der Waals surface area (Å²) in [4.78, 5) is 13.6. The number of carbonyl (C=O) groups excluding carboxylic acids is 1. The summed E-state index contributed by atoms with van der Waals surface area (Å²) in [5.74, 6) is -5.57. The van der Waals surface area contributed by atoms with Crippen LogP contribution < -0.4 is 10.2 Å². The lowest BCUT2D eigenvalue weighted by molar-refractivity contribution is -0.299. The van der Waals surface area contributed by atoms with Crippen LogP contribution in [0, 0.1) is 0 Å².